The molecule has 5 nitrogen and oxygen atoms in total. The number of aromatic amines is 1. The van der Waals surface area contributed by atoms with E-state index in [9.17, 15) is 4.79 Å². The van der Waals surface area contributed by atoms with Crippen LogP contribution in [0.4, 0.5) is 5.82 Å². The Morgan fingerprint density at radius 2 is 2.21 bits per heavy atom. The Balaban J connectivity index is 1.69. The number of hydrogen-bond donors (Lipinski definition) is 3. The fraction of sp³-hybridized carbons (Fsp3) is 0.286. The van der Waals surface area contributed by atoms with E-state index < -0.39 is 0 Å². The quantitative estimate of drug-likeness (QED) is 0.776. The second-order valence-electron chi connectivity index (χ2n) is 4.83. The van der Waals surface area contributed by atoms with E-state index >= 15 is 0 Å². The van der Waals surface area contributed by atoms with Crippen molar-refractivity contribution >= 4 is 11.7 Å². The summed E-state index contributed by atoms with van der Waals surface area (Å²) in [6, 6.07) is 5.94. The Labute approximate surface area is 111 Å². The molecule has 0 spiro atoms. The zero-order chi connectivity index (χ0) is 13.2. The van der Waals surface area contributed by atoms with Crippen molar-refractivity contribution in [1.29, 1.82) is 0 Å². The number of carbonyl (C=O) groups excluding carboxylic acids is 1. The van der Waals surface area contributed by atoms with Crippen molar-refractivity contribution in [3.63, 3.8) is 0 Å². The first-order chi connectivity index (χ1) is 9.24. The van der Waals surface area contributed by atoms with Crippen molar-refractivity contribution in [3.05, 3.63) is 46.6 Å². The van der Waals surface area contributed by atoms with Crippen molar-refractivity contribution in [2.45, 2.75) is 25.8 Å². The third-order valence-corrected chi connectivity index (χ3v) is 3.55. The minimum atomic E-state index is -0.0738. The highest BCUT2D eigenvalue weighted by Crippen LogP contribution is 2.22. The number of anilines is 1. The number of aromatic nitrogens is 2. The van der Waals surface area contributed by atoms with Gasteiger partial charge in [0.25, 0.3) is 5.91 Å². The number of carbonyl (C=O) groups is 1. The van der Waals surface area contributed by atoms with Crippen molar-refractivity contribution in [1.82, 2.24) is 15.5 Å². The number of aryl methyl sites for hydroxylation is 2. The third-order valence-electron chi connectivity index (χ3n) is 3.55. The van der Waals surface area contributed by atoms with E-state index in [1.54, 1.807) is 6.20 Å². The number of fused-ring (bicyclic) bond motifs is 1. The van der Waals surface area contributed by atoms with Crippen LogP contribution >= 0.6 is 0 Å². The van der Waals surface area contributed by atoms with Gasteiger partial charge in [-0.25, -0.2) is 0 Å². The smallest absolute Gasteiger partial charge is 0.251 e. The Bertz CT molecular complexity index is 618. The molecule has 1 amide bonds. The van der Waals surface area contributed by atoms with E-state index in [1.165, 1.54) is 17.5 Å². The van der Waals surface area contributed by atoms with Gasteiger partial charge in [-0.2, -0.15) is 5.10 Å². The number of nitrogen functional groups attached to an aromatic ring is 1. The average molecular weight is 256 g/mol. The lowest BCUT2D eigenvalue weighted by Crippen LogP contribution is -2.23. The van der Waals surface area contributed by atoms with E-state index in [0.29, 0.717) is 17.9 Å². The monoisotopic (exact) mass is 256 g/mol. The Hall–Kier alpha value is -2.30. The molecule has 0 saturated carbocycles. The molecule has 1 aromatic heterocycles. The van der Waals surface area contributed by atoms with Crippen molar-refractivity contribution in [2.75, 3.05) is 5.73 Å². The maximum absolute atomic E-state index is 12.1. The second-order valence-corrected chi connectivity index (χ2v) is 4.83. The molecule has 1 aromatic carbocycles. The molecule has 5 heteroatoms. The standard InChI is InChI=1S/C14H16N4O/c15-13-12(8-17-18-13)7-16-14(19)11-5-4-9-2-1-3-10(9)6-11/h4-6,8H,1-3,7H2,(H,16,19)(H3,15,17,18). The predicted octanol–water partition coefficient (Wildman–Crippen LogP) is 1.41. The van der Waals surface area contributed by atoms with Crippen LogP contribution in [0.15, 0.2) is 24.4 Å². The summed E-state index contributed by atoms with van der Waals surface area (Å²) in [5.41, 5.74) is 9.85. The lowest BCUT2D eigenvalue weighted by Gasteiger charge is -2.06. The highest BCUT2D eigenvalue weighted by atomic mass is 16.1. The summed E-state index contributed by atoms with van der Waals surface area (Å²) < 4.78 is 0. The summed E-state index contributed by atoms with van der Waals surface area (Å²) in [4.78, 5) is 12.1. The normalized spacial score (nSPS) is 13.3. The maximum atomic E-state index is 12.1. The van der Waals surface area contributed by atoms with Crippen molar-refractivity contribution in [2.24, 2.45) is 0 Å². The largest absolute Gasteiger partial charge is 0.384 e. The number of benzene rings is 1. The van der Waals surface area contributed by atoms with Crippen LogP contribution in [-0.2, 0) is 19.4 Å². The minimum Gasteiger partial charge on any atom is -0.384 e. The van der Waals surface area contributed by atoms with Gasteiger partial charge in [0.15, 0.2) is 0 Å². The minimum absolute atomic E-state index is 0.0738. The summed E-state index contributed by atoms with van der Waals surface area (Å²) in [5, 5.41) is 9.32. The summed E-state index contributed by atoms with van der Waals surface area (Å²) in [6.07, 6.45) is 5.01. The Morgan fingerprint density at radius 3 is 3.00 bits per heavy atom. The Kier molecular flexibility index (Phi) is 2.95. The second kappa shape index (κ2) is 4.76. The molecule has 0 fully saturated rings. The number of nitrogens with two attached hydrogens (primary N) is 1. The van der Waals surface area contributed by atoms with E-state index in [2.05, 4.69) is 21.6 Å². The van der Waals surface area contributed by atoms with E-state index in [0.717, 1.165) is 18.4 Å². The van der Waals surface area contributed by atoms with Gasteiger partial charge in [-0.1, -0.05) is 6.07 Å². The lowest BCUT2D eigenvalue weighted by atomic mass is 10.1. The summed E-state index contributed by atoms with van der Waals surface area (Å²) >= 11 is 0. The van der Waals surface area contributed by atoms with Gasteiger partial charge in [-0.05, 0) is 42.5 Å². The van der Waals surface area contributed by atoms with Crippen LogP contribution in [0.2, 0.25) is 0 Å². The van der Waals surface area contributed by atoms with Gasteiger partial charge < -0.3 is 11.1 Å². The molecule has 0 atom stereocenters. The van der Waals surface area contributed by atoms with Gasteiger partial charge in [-0.15, -0.1) is 0 Å². The first-order valence-electron chi connectivity index (χ1n) is 6.42. The van der Waals surface area contributed by atoms with Crippen molar-refractivity contribution < 1.29 is 4.79 Å². The van der Waals surface area contributed by atoms with Crippen LogP contribution < -0.4 is 11.1 Å². The molecule has 0 aliphatic heterocycles. The number of rotatable bonds is 3. The number of amides is 1. The molecule has 3 rings (SSSR count). The molecule has 19 heavy (non-hydrogen) atoms. The molecular weight excluding hydrogens is 240 g/mol. The molecule has 0 unspecified atom stereocenters. The molecule has 0 saturated heterocycles. The fourth-order valence-electron chi connectivity index (χ4n) is 2.45. The molecule has 0 bridgehead atoms. The van der Waals surface area contributed by atoms with Crippen LogP contribution in [0, 0.1) is 0 Å². The SMILES string of the molecule is Nc1[nH]ncc1CNC(=O)c1ccc2c(c1)CCC2. The maximum Gasteiger partial charge on any atom is 0.251 e. The Morgan fingerprint density at radius 1 is 1.37 bits per heavy atom. The highest BCUT2D eigenvalue weighted by Gasteiger charge is 2.14. The molecular formula is C14H16N4O. The first-order valence-corrected chi connectivity index (χ1v) is 6.42. The number of hydrogen-bond acceptors (Lipinski definition) is 3. The molecule has 0 radical (unpaired) electrons. The predicted molar refractivity (Wildman–Crippen MR) is 72.6 cm³/mol. The van der Waals surface area contributed by atoms with Gasteiger partial charge in [0.2, 0.25) is 0 Å². The fourth-order valence-corrected chi connectivity index (χ4v) is 2.45. The van der Waals surface area contributed by atoms with E-state index in [1.807, 2.05) is 12.1 Å². The lowest BCUT2D eigenvalue weighted by molar-refractivity contribution is 0.0951. The molecule has 2 aromatic rings. The van der Waals surface area contributed by atoms with Crippen molar-refractivity contribution in [3.8, 4) is 0 Å². The van der Waals surface area contributed by atoms with Crippen LogP contribution in [0.25, 0.3) is 0 Å². The number of nitrogens with zero attached hydrogens (tertiary/aromatic N) is 1. The highest BCUT2D eigenvalue weighted by molar-refractivity contribution is 5.94. The van der Waals surface area contributed by atoms with E-state index in [4.69, 9.17) is 5.73 Å². The van der Waals surface area contributed by atoms with Crippen LogP contribution in [0.1, 0.15) is 33.5 Å². The van der Waals surface area contributed by atoms with Gasteiger partial charge >= 0.3 is 0 Å². The van der Waals surface area contributed by atoms with E-state index in [-0.39, 0.29) is 5.91 Å². The molecule has 1 aliphatic carbocycles. The van der Waals surface area contributed by atoms with Crippen LogP contribution in [0.3, 0.4) is 0 Å². The first kappa shape index (κ1) is 11.8. The summed E-state index contributed by atoms with van der Waals surface area (Å²) in [5.74, 6) is 0.421. The average Bonchev–Trinajstić information content (AvgIpc) is 3.03. The summed E-state index contributed by atoms with van der Waals surface area (Å²) in [7, 11) is 0. The number of nitrogens with one attached hydrogen (secondary N) is 2. The van der Waals surface area contributed by atoms with Crippen LogP contribution in [0.5, 0.6) is 0 Å². The van der Waals surface area contributed by atoms with Gasteiger partial charge in [0, 0.05) is 17.7 Å². The topological polar surface area (TPSA) is 83.8 Å². The zero-order valence-electron chi connectivity index (χ0n) is 10.6. The van der Waals surface area contributed by atoms with Gasteiger partial charge in [-0.3, -0.25) is 9.89 Å². The van der Waals surface area contributed by atoms with Crippen LogP contribution in [-0.4, -0.2) is 16.1 Å². The molecule has 1 aliphatic rings. The van der Waals surface area contributed by atoms with Gasteiger partial charge in [0.1, 0.15) is 5.82 Å². The zero-order valence-corrected chi connectivity index (χ0v) is 10.6. The molecule has 98 valence electrons. The third kappa shape index (κ3) is 2.31. The molecule has 1 heterocycles. The number of H-pyrrole nitrogens is 1. The summed E-state index contributed by atoms with van der Waals surface area (Å²) in [6.45, 7) is 0.387. The van der Waals surface area contributed by atoms with Gasteiger partial charge in [0.05, 0.1) is 6.20 Å². The molecule has 4 N–H and O–H groups in total.